The first-order chi connectivity index (χ1) is 15.5. The molecular weight excluding hydrogens is 408 g/mol. The Labute approximate surface area is 188 Å². The summed E-state index contributed by atoms with van der Waals surface area (Å²) in [6, 6.07) is 15.3. The maximum absolute atomic E-state index is 12.5. The number of carbonyl (C=O) groups excluding carboxylic acids is 2. The van der Waals surface area contributed by atoms with Crippen LogP contribution < -0.4 is 10.6 Å². The van der Waals surface area contributed by atoms with Gasteiger partial charge in [-0.25, -0.2) is 9.59 Å². The fourth-order valence-corrected chi connectivity index (χ4v) is 4.16. The summed E-state index contributed by atoms with van der Waals surface area (Å²) in [5.41, 5.74) is 4.56. The molecule has 0 aliphatic heterocycles. The molecule has 7 heteroatoms. The Bertz CT molecular complexity index is 929. The average Bonchev–Trinajstić information content (AvgIpc) is 3.12. The number of carboxylic acid groups (broad SMARTS) is 1. The highest BCUT2D eigenvalue weighted by Gasteiger charge is 2.29. The molecule has 170 valence electrons. The van der Waals surface area contributed by atoms with Crippen LogP contribution in [-0.2, 0) is 14.3 Å². The lowest BCUT2D eigenvalue weighted by Gasteiger charge is -2.20. The van der Waals surface area contributed by atoms with E-state index >= 15 is 0 Å². The zero-order valence-electron chi connectivity index (χ0n) is 18.5. The molecule has 3 rings (SSSR count). The van der Waals surface area contributed by atoms with E-state index in [0.717, 1.165) is 28.7 Å². The first kappa shape index (κ1) is 23.3. The summed E-state index contributed by atoms with van der Waals surface area (Å²) in [5.74, 6) is -2.00. The molecular formula is C25H30N2O5. The number of carbonyl (C=O) groups is 3. The van der Waals surface area contributed by atoms with Crippen LogP contribution in [0.2, 0.25) is 0 Å². The van der Waals surface area contributed by atoms with E-state index in [1.807, 2.05) is 31.2 Å². The molecule has 0 fully saturated rings. The van der Waals surface area contributed by atoms with Crippen molar-refractivity contribution in [2.24, 2.45) is 5.92 Å². The fraction of sp³-hybridized carbons (Fsp3) is 0.400. The van der Waals surface area contributed by atoms with E-state index in [4.69, 9.17) is 9.84 Å². The topological polar surface area (TPSA) is 105 Å². The number of aliphatic carboxylic acids is 1. The van der Waals surface area contributed by atoms with Gasteiger partial charge in [-0.15, -0.1) is 0 Å². The summed E-state index contributed by atoms with van der Waals surface area (Å²) in [4.78, 5) is 36.1. The molecule has 0 saturated carbocycles. The molecule has 7 nitrogen and oxygen atoms in total. The van der Waals surface area contributed by atoms with Crippen molar-refractivity contribution in [1.29, 1.82) is 0 Å². The van der Waals surface area contributed by atoms with Crippen LogP contribution in [0.1, 0.15) is 50.2 Å². The lowest BCUT2D eigenvalue weighted by Crippen LogP contribution is -2.46. The van der Waals surface area contributed by atoms with Crippen LogP contribution in [0.4, 0.5) is 4.79 Å². The smallest absolute Gasteiger partial charge is 0.407 e. The van der Waals surface area contributed by atoms with Crippen molar-refractivity contribution >= 4 is 18.0 Å². The molecule has 0 spiro atoms. The molecule has 0 radical (unpaired) electrons. The third-order valence-electron chi connectivity index (χ3n) is 5.87. The van der Waals surface area contributed by atoms with Gasteiger partial charge >= 0.3 is 12.1 Å². The second-order valence-corrected chi connectivity index (χ2v) is 8.00. The third-order valence-corrected chi connectivity index (χ3v) is 5.87. The highest BCUT2D eigenvalue weighted by molar-refractivity contribution is 5.85. The zero-order valence-corrected chi connectivity index (χ0v) is 18.5. The highest BCUT2D eigenvalue weighted by atomic mass is 16.5. The minimum Gasteiger partial charge on any atom is -0.480 e. The maximum Gasteiger partial charge on any atom is 0.407 e. The standard InChI is InChI=1S/C25H30N2O5/c1-3-9-16(23(28)27-22(4-2)24(29)30)14-26-25(31)32-15-21-19-12-7-5-10-17(19)18-11-6-8-13-20(18)21/h5-8,10-13,16,21-22H,3-4,9,14-15H2,1-2H3,(H,26,31)(H,27,28)(H,29,30)/t16?,22-/m0/s1. The quantitative estimate of drug-likeness (QED) is 0.521. The van der Waals surface area contributed by atoms with Crippen LogP contribution in [-0.4, -0.2) is 42.3 Å². The molecule has 2 atom stereocenters. The van der Waals surface area contributed by atoms with Crippen LogP contribution in [0, 0.1) is 5.92 Å². The molecule has 3 N–H and O–H groups in total. The molecule has 2 amide bonds. The lowest BCUT2D eigenvalue weighted by atomic mass is 9.98. The number of fused-ring (bicyclic) bond motifs is 3. The van der Waals surface area contributed by atoms with Crippen molar-refractivity contribution in [2.75, 3.05) is 13.2 Å². The van der Waals surface area contributed by atoms with Crippen LogP contribution in [0.5, 0.6) is 0 Å². The van der Waals surface area contributed by atoms with Gasteiger partial charge in [0.05, 0.1) is 5.92 Å². The van der Waals surface area contributed by atoms with Crippen molar-refractivity contribution in [3.63, 3.8) is 0 Å². The van der Waals surface area contributed by atoms with Crippen LogP contribution in [0.15, 0.2) is 48.5 Å². The third kappa shape index (κ3) is 5.28. The lowest BCUT2D eigenvalue weighted by molar-refractivity contribution is -0.142. The van der Waals surface area contributed by atoms with E-state index in [1.165, 1.54) is 0 Å². The van der Waals surface area contributed by atoms with Crippen molar-refractivity contribution in [2.45, 2.75) is 45.1 Å². The van der Waals surface area contributed by atoms with Gasteiger partial charge in [-0.05, 0) is 35.1 Å². The van der Waals surface area contributed by atoms with Crippen molar-refractivity contribution in [1.82, 2.24) is 10.6 Å². The normalized spacial score (nSPS) is 14.1. The van der Waals surface area contributed by atoms with Gasteiger partial charge in [0.25, 0.3) is 0 Å². The Morgan fingerprint density at radius 3 is 2.12 bits per heavy atom. The summed E-state index contributed by atoms with van der Waals surface area (Å²) < 4.78 is 5.51. The summed E-state index contributed by atoms with van der Waals surface area (Å²) in [5, 5.41) is 14.4. The second kappa shape index (κ2) is 10.8. The molecule has 0 saturated heterocycles. The van der Waals surface area contributed by atoms with E-state index in [0.29, 0.717) is 12.8 Å². The summed E-state index contributed by atoms with van der Waals surface area (Å²) in [7, 11) is 0. The van der Waals surface area contributed by atoms with Crippen molar-refractivity contribution < 1.29 is 24.2 Å². The van der Waals surface area contributed by atoms with Gasteiger partial charge in [-0.2, -0.15) is 0 Å². The first-order valence-electron chi connectivity index (χ1n) is 11.1. The second-order valence-electron chi connectivity index (χ2n) is 8.00. The fourth-order valence-electron chi connectivity index (χ4n) is 4.16. The Kier molecular flexibility index (Phi) is 7.87. The molecule has 1 aliphatic rings. The van der Waals surface area contributed by atoms with Crippen LogP contribution >= 0.6 is 0 Å². The van der Waals surface area contributed by atoms with Gasteiger partial charge in [0, 0.05) is 12.5 Å². The number of ether oxygens (including phenoxy) is 1. The van der Waals surface area contributed by atoms with E-state index in [1.54, 1.807) is 6.92 Å². The SMILES string of the molecule is CCCC(CNC(=O)OCC1c2ccccc2-c2ccccc21)C(=O)N[C@@H](CC)C(=O)O. The number of rotatable bonds is 10. The predicted molar refractivity (Wildman–Crippen MR) is 121 cm³/mol. The van der Waals surface area contributed by atoms with Gasteiger partial charge in [0.15, 0.2) is 0 Å². The summed E-state index contributed by atoms with van der Waals surface area (Å²) >= 11 is 0. The molecule has 1 unspecified atom stereocenters. The molecule has 0 bridgehead atoms. The molecule has 2 aromatic carbocycles. The minimum atomic E-state index is -1.07. The molecule has 0 aromatic heterocycles. The van der Waals surface area contributed by atoms with Crippen LogP contribution in [0.3, 0.4) is 0 Å². The first-order valence-corrected chi connectivity index (χ1v) is 11.1. The Hall–Kier alpha value is -3.35. The number of alkyl carbamates (subject to hydrolysis) is 1. The van der Waals surface area contributed by atoms with Gasteiger partial charge in [0.2, 0.25) is 5.91 Å². The molecule has 1 aliphatic carbocycles. The zero-order chi connectivity index (χ0) is 23.1. The van der Waals surface area contributed by atoms with E-state index in [2.05, 4.69) is 34.9 Å². The number of carboxylic acids is 1. The maximum atomic E-state index is 12.5. The Morgan fingerprint density at radius 1 is 1.00 bits per heavy atom. The summed E-state index contributed by atoms with van der Waals surface area (Å²) in [6.45, 7) is 3.92. The number of benzene rings is 2. The monoisotopic (exact) mass is 438 g/mol. The number of nitrogens with one attached hydrogen (secondary N) is 2. The van der Waals surface area contributed by atoms with E-state index in [-0.39, 0.29) is 25.0 Å². The van der Waals surface area contributed by atoms with Gasteiger partial charge in [0.1, 0.15) is 12.6 Å². The summed E-state index contributed by atoms with van der Waals surface area (Å²) in [6.07, 6.45) is 0.964. The average molecular weight is 439 g/mol. The Morgan fingerprint density at radius 2 is 1.59 bits per heavy atom. The van der Waals surface area contributed by atoms with Gasteiger partial charge < -0.3 is 20.5 Å². The highest BCUT2D eigenvalue weighted by Crippen LogP contribution is 2.44. The van der Waals surface area contributed by atoms with Crippen molar-refractivity contribution in [3.8, 4) is 11.1 Å². The number of amides is 2. The number of hydrogen-bond acceptors (Lipinski definition) is 4. The van der Waals surface area contributed by atoms with Gasteiger partial charge in [-0.3, -0.25) is 4.79 Å². The molecule has 32 heavy (non-hydrogen) atoms. The Balaban J connectivity index is 1.57. The largest absolute Gasteiger partial charge is 0.480 e. The minimum absolute atomic E-state index is 0.0382. The number of hydrogen-bond donors (Lipinski definition) is 3. The molecule has 0 heterocycles. The van der Waals surface area contributed by atoms with Gasteiger partial charge in [-0.1, -0.05) is 68.8 Å². The van der Waals surface area contributed by atoms with E-state index in [9.17, 15) is 14.4 Å². The van der Waals surface area contributed by atoms with E-state index < -0.39 is 24.0 Å². The van der Waals surface area contributed by atoms with Crippen LogP contribution in [0.25, 0.3) is 11.1 Å². The van der Waals surface area contributed by atoms with Crippen molar-refractivity contribution in [3.05, 3.63) is 59.7 Å². The predicted octanol–water partition coefficient (Wildman–Crippen LogP) is 3.92. The molecule has 2 aromatic rings.